The molecular weight excluding hydrogens is 536 g/mol. The van der Waals surface area contributed by atoms with Crippen LogP contribution in [0.2, 0.25) is 0 Å². The number of carbonyl (C=O) groups is 2. The van der Waals surface area contributed by atoms with E-state index < -0.39 is 18.1 Å². The Morgan fingerprint density at radius 2 is 1.60 bits per heavy atom. The number of likely N-dealkylation sites (tertiary alicyclic amines) is 1. The highest BCUT2D eigenvalue weighted by Gasteiger charge is 2.41. The van der Waals surface area contributed by atoms with Crippen LogP contribution >= 0.6 is 0 Å². The molecule has 4 aromatic rings. The van der Waals surface area contributed by atoms with E-state index in [1.165, 1.54) is 12.0 Å². The minimum absolute atomic E-state index is 0.357. The van der Waals surface area contributed by atoms with Crippen molar-refractivity contribution in [3.63, 3.8) is 0 Å². The number of rotatable bonds is 9. The van der Waals surface area contributed by atoms with E-state index in [1.54, 1.807) is 31.4 Å². The van der Waals surface area contributed by atoms with Gasteiger partial charge in [-0.15, -0.1) is 0 Å². The highest BCUT2D eigenvalue weighted by molar-refractivity contribution is 5.83. The van der Waals surface area contributed by atoms with E-state index in [4.69, 9.17) is 23.4 Å². The molecule has 42 heavy (non-hydrogen) atoms. The van der Waals surface area contributed by atoms with Crippen molar-refractivity contribution in [3.05, 3.63) is 95.9 Å². The van der Waals surface area contributed by atoms with Gasteiger partial charge in [-0.25, -0.2) is 14.6 Å². The minimum Gasteiger partial charge on any atom is -0.497 e. The molecule has 218 valence electrons. The number of methoxy groups -OCH3 is 2. The number of hydrogen-bond acceptors (Lipinski definition) is 8. The molecule has 3 aromatic carbocycles. The number of aromatic nitrogens is 1. The molecule has 1 saturated heterocycles. The van der Waals surface area contributed by atoms with Gasteiger partial charge < -0.3 is 23.4 Å². The Balaban J connectivity index is 1.25. The molecule has 1 aromatic heterocycles. The van der Waals surface area contributed by atoms with Gasteiger partial charge >= 0.3 is 12.1 Å². The zero-order chi connectivity index (χ0) is 29.5. The Labute approximate surface area is 245 Å². The Morgan fingerprint density at radius 3 is 2.29 bits per heavy atom. The minimum atomic E-state index is -0.748. The molecule has 5 rings (SSSR count). The maximum atomic E-state index is 13.4. The molecule has 0 spiro atoms. The van der Waals surface area contributed by atoms with Crippen LogP contribution < -0.4 is 14.2 Å². The fourth-order valence-electron chi connectivity index (χ4n) is 5.16. The Hall–Kier alpha value is -4.79. The summed E-state index contributed by atoms with van der Waals surface area (Å²) in [5.41, 5.74) is 2.66. The number of aryl methyl sites for hydroxylation is 1. The van der Waals surface area contributed by atoms with Crippen LogP contribution in [-0.4, -0.2) is 48.8 Å². The number of benzene rings is 3. The van der Waals surface area contributed by atoms with E-state index in [0.29, 0.717) is 49.0 Å². The highest BCUT2D eigenvalue weighted by atomic mass is 16.6. The summed E-state index contributed by atoms with van der Waals surface area (Å²) in [6, 6.07) is 23.0. The monoisotopic (exact) mass is 570 g/mol. The Kier molecular flexibility index (Phi) is 9.06. The quantitative estimate of drug-likeness (QED) is 0.209. The van der Waals surface area contributed by atoms with E-state index in [-0.39, 0.29) is 6.04 Å². The Bertz CT molecular complexity index is 1480. The van der Waals surface area contributed by atoms with Crippen molar-refractivity contribution >= 4 is 12.1 Å². The molecule has 0 bridgehead atoms. The first-order valence-corrected chi connectivity index (χ1v) is 13.9. The number of piperidine rings is 1. The lowest BCUT2D eigenvalue weighted by molar-refractivity contribution is -0.148. The van der Waals surface area contributed by atoms with Gasteiger partial charge in [-0.1, -0.05) is 30.3 Å². The SMILES string of the molecule is COC(=O)[C@@H]1CCC[C@H](c2ccc(OCCc3nc(-c4ccccc4)oc3C)cc2)N1C(=O)Oc1ccc(OC)cc1. The van der Waals surface area contributed by atoms with E-state index in [1.807, 2.05) is 61.5 Å². The van der Waals surface area contributed by atoms with Crippen LogP contribution in [0, 0.1) is 6.92 Å². The highest BCUT2D eigenvalue weighted by Crippen LogP contribution is 2.36. The van der Waals surface area contributed by atoms with Gasteiger partial charge in [0.2, 0.25) is 5.89 Å². The van der Waals surface area contributed by atoms with E-state index in [2.05, 4.69) is 4.98 Å². The van der Waals surface area contributed by atoms with Gasteiger partial charge in [0.05, 0.1) is 32.6 Å². The summed E-state index contributed by atoms with van der Waals surface area (Å²) in [5, 5.41) is 0. The van der Waals surface area contributed by atoms with Crippen LogP contribution in [0.4, 0.5) is 4.79 Å². The summed E-state index contributed by atoms with van der Waals surface area (Å²) in [6.45, 7) is 2.33. The Morgan fingerprint density at radius 1 is 0.905 bits per heavy atom. The van der Waals surface area contributed by atoms with Crippen molar-refractivity contribution in [3.8, 4) is 28.7 Å². The van der Waals surface area contributed by atoms with Gasteiger partial charge in [-0.3, -0.25) is 4.90 Å². The molecule has 9 nitrogen and oxygen atoms in total. The van der Waals surface area contributed by atoms with Gasteiger partial charge in [0, 0.05) is 12.0 Å². The van der Waals surface area contributed by atoms with E-state index in [0.717, 1.165) is 29.0 Å². The number of ether oxygens (including phenoxy) is 4. The van der Waals surface area contributed by atoms with Crippen LogP contribution in [0.5, 0.6) is 17.2 Å². The molecule has 9 heteroatoms. The van der Waals surface area contributed by atoms with Crippen LogP contribution in [0.1, 0.15) is 42.3 Å². The molecular formula is C33H34N2O7. The third-order valence-electron chi connectivity index (χ3n) is 7.36. The van der Waals surface area contributed by atoms with Crippen molar-refractivity contribution in [2.24, 2.45) is 0 Å². The summed E-state index contributed by atoms with van der Waals surface area (Å²) in [6.07, 6.45) is 1.92. The zero-order valence-corrected chi connectivity index (χ0v) is 23.9. The smallest absolute Gasteiger partial charge is 0.416 e. The fourth-order valence-corrected chi connectivity index (χ4v) is 5.16. The average molecular weight is 571 g/mol. The van der Waals surface area contributed by atoms with Gasteiger partial charge in [-0.2, -0.15) is 0 Å². The second-order valence-electron chi connectivity index (χ2n) is 9.99. The molecule has 0 radical (unpaired) electrons. The van der Waals surface area contributed by atoms with Crippen molar-refractivity contribution in [2.45, 2.75) is 44.7 Å². The molecule has 0 N–H and O–H groups in total. The van der Waals surface area contributed by atoms with Crippen LogP contribution in [0.3, 0.4) is 0 Å². The predicted molar refractivity (Wildman–Crippen MR) is 156 cm³/mol. The molecule has 1 aliphatic heterocycles. The number of hydrogen-bond donors (Lipinski definition) is 0. The summed E-state index contributed by atoms with van der Waals surface area (Å²) in [4.78, 5) is 32.2. The third kappa shape index (κ3) is 6.57. The molecule has 0 aliphatic carbocycles. The molecule has 2 atom stereocenters. The fraction of sp³-hybridized carbons (Fsp3) is 0.303. The second kappa shape index (κ2) is 13.2. The molecule has 2 heterocycles. The lowest BCUT2D eigenvalue weighted by Gasteiger charge is -2.40. The van der Waals surface area contributed by atoms with Crippen molar-refractivity contribution in [1.29, 1.82) is 0 Å². The maximum Gasteiger partial charge on any atom is 0.416 e. The zero-order valence-electron chi connectivity index (χ0n) is 23.9. The second-order valence-corrected chi connectivity index (χ2v) is 9.99. The number of esters is 1. The average Bonchev–Trinajstić information content (AvgIpc) is 3.41. The first-order chi connectivity index (χ1) is 20.5. The van der Waals surface area contributed by atoms with E-state index in [9.17, 15) is 9.59 Å². The van der Waals surface area contributed by atoms with Gasteiger partial charge in [0.1, 0.15) is 29.1 Å². The van der Waals surface area contributed by atoms with Crippen LogP contribution in [0.25, 0.3) is 11.5 Å². The number of amides is 1. The lowest BCUT2D eigenvalue weighted by atomic mass is 9.91. The lowest BCUT2D eigenvalue weighted by Crippen LogP contribution is -2.51. The molecule has 0 saturated carbocycles. The number of nitrogens with zero attached hydrogens (tertiary/aromatic N) is 2. The topological polar surface area (TPSA) is 100 Å². The van der Waals surface area contributed by atoms with Crippen molar-refractivity contribution in [1.82, 2.24) is 9.88 Å². The summed E-state index contributed by atoms with van der Waals surface area (Å²) >= 11 is 0. The van der Waals surface area contributed by atoms with Crippen molar-refractivity contribution < 1.29 is 33.0 Å². The molecule has 1 aliphatic rings. The van der Waals surface area contributed by atoms with Gasteiger partial charge in [-0.05, 0) is 80.3 Å². The number of oxazole rings is 1. The van der Waals surface area contributed by atoms with Crippen LogP contribution in [0.15, 0.2) is 83.3 Å². The summed E-state index contributed by atoms with van der Waals surface area (Å²) in [7, 11) is 2.89. The van der Waals surface area contributed by atoms with Crippen LogP contribution in [-0.2, 0) is 16.0 Å². The normalized spacial score (nSPS) is 16.5. The first kappa shape index (κ1) is 28.7. The summed E-state index contributed by atoms with van der Waals surface area (Å²) in [5.74, 6) is 2.59. The molecule has 1 amide bonds. The van der Waals surface area contributed by atoms with Crippen molar-refractivity contribution in [2.75, 3.05) is 20.8 Å². The third-order valence-corrected chi connectivity index (χ3v) is 7.36. The molecule has 0 unspecified atom stereocenters. The van der Waals surface area contributed by atoms with Gasteiger partial charge in [0.15, 0.2) is 0 Å². The van der Waals surface area contributed by atoms with Gasteiger partial charge in [0.25, 0.3) is 0 Å². The number of carbonyl (C=O) groups excluding carboxylic acids is 2. The standard InChI is InChI=1S/C33H34N2O7/c1-22-28(34-31(41-22)24-8-5-4-6-9-24)20-21-40-26-14-12-23(13-15-26)29-10-7-11-30(32(36)39-3)35(29)33(37)42-27-18-16-25(38-2)17-19-27/h4-6,8-9,12-19,29-30H,7,10-11,20-21H2,1-3H3/t29-,30+/m1/s1. The largest absolute Gasteiger partial charge is 0.497 e. The predicted octanol–water partition coefficient (Wildman–Crippen LogP) is 6.55. The van der Waals surface area contributed by atoms with E-state index >= 15 is 0 Å². The summed E-state index contributed by atoms with van der Waals surface area (Å²) < 4.78 is 27.7. The first-order valence-electron chi connectivity index (χ1n) is 13.9. The molecule has 1 fully saturated rings. The maximum absolute atomic E-state index is 13.4.